The van der Waals surface area contributed by atoms with Gasteiger partial charge in [-0.1, -0.05) is 20.3 Å². The van der Waals surface area contributed by atoms with Crippen molar-refractivity contribution in [2.24, 2.45) is 17.4 Å². The minimum Gasteiger partial charge on any atom is -0.481 e. The summed E-state index contributed by atoms with van der Waals surface area (Å²) in [4.78, 5) is 81.8. The van der Waals surface area contributed by atoms with E-state index >= 15 is 0 Å². The van der Waals surface area contributed by atoms with E-state index in [-0.39, 0.29) is 0 Å². The normalized spacial score (nSPS) is 15.0. The molecule has 4 amide bonds. The van der Waals surface area contributed by atoms with Gasteiger partial charge in [-0.05, 0) is 12.3 Å². The van der Waals surface area contributed by atoms with E-state index in [0.29, 0.717) is 6.42 Å². The molecule has 0 aromatic rings. The fourth-order valence-corrected chi connectivity index (χ4v) is 2.71. The maximum atomic E-state index is 12.9. The number of carboxylic acids is 3. The molecular formula is C19H31N5O10. The first kappa shape index (κ1) is 30.2. The molecule has 15 nitrogen and oxygen atoms in total. The monoisotopic (exact) mass is 489 g/mol. The molecule has 15 heteroatoms. The molecule has 0 saturated carbocycles. The number of amides is 4. The number of carboxylic acid groups (broad SMARTS) is 3. The molecule has 0 aliphatic carbocycles. The summed E-state index contributed by atoms with van der Waals surface area (Å²) in [5, 5.41) is 33.5. The van der Waals surface area contributed by atoms with Gasteiger partial charge in [0.1, 0.15) is 18.1 Å². The highest BCUT2D eigenvalue weighted by molar-refractivity contribution is 5.95. The quantitative estimate of drug-likeness (QED) is 0.109. The Hall–Kier alpha value is -3.75. The number of carbonyl (C=O) groups is 7. The first-order valence-electron chi connectivity index (χ1n) is 10.3. The third-order valence-corrected chi connectivity index (χ3v) is 4.82. The number of carbonyl (C=O) groups excluding carboxylic acids is 4. The Morgan fingerprint density at radius 3 is 1.79 bits per heavy atom. The number of primary amides is 1. The molecule has 0 aliphatic heterocycles. The third kappa shape index (κ3) is 11.2. The van der Waals surface area contributed by atoms with Crippen LogP contribution in [0.15, 0.2) is 0 Å². The molecular weight excluding hydrogens is 458 g/mol. The van der Waals surface area contributed by atoms with Gasteiger partial charge in [-0.25, -0.2) is 4.79 Å². The first-order chi connectivity index (χ1) is 15.7. The fourth-order valence-electron chi connectivity index (χ4n) is 2.71. The topological polar surface area (TPSA) is 268 Å². The van der Waals surface area contributed by atoms with Crippen molar-refractivity contribution in [2.75, 3.05) is 0 Å². The molecule has 0 aliphatic rings. The van der Waals surface area contributed by atoms with E-state index in [1.165, 1.54) is 0 Å². The molecule has 34 heavy (non-hydrogen) atoms. The van der Waals surface area contributed by atoms with E-state index in [9.17, 15) is 33.6 Å². The lowest BCUT2D eigenvalue weighted by molar-refractivity contribution is -0.144. The molecule has 0 bridgehead atoms. The number of hydrogen-bond acceptors (Lipinski definition) is 8. The van der Waals surface area contributed by atoms with Gasteiger partial charge in [0, 0.05) is 6.42 Å². The Bertz CT molecular complexity index is 802. The summed E-state index contributed by atoms with van der Waals surface area (Å²) in [5.41, 5.74) is 10.5. The summed E-state index contributed by atoms with van der Waals surface area (Å²) >= 11 is 0. The Labute approximate surface area is 194 Å². The average Bonchev–Trinajstić information content (AvgIpc) is 2.72. The SMILES string of the molecule is CCC(C)C(NC(=O)C(N)CC(=O)O)C(=O)NC(CCC(=O)O)C(=O)NC(CC(N)=O)C(=O)O. The van der Waals surface area contributed by atoms with Gasteiger partial charge >= 0.3 is 17.9 Å². The predicted molar refractivity (Wildman–Crippen MR) is 114 cm³/mol. The van der Waals surface area contributed by atoms with Crippen LogP contribution in [0.4, 0.5) is 0 Å². The van der Waals surface area contributed by atoms with Crippen LogP contribution in [-0.2, 0) is 33.6 Å². The first-order valence-corrected chi connectivity index (χ1v) is 10.3. The number of hydrogen-bond donors (Lipinski definition) is 8. The van der Waals surface area contributed by atoms with E-state index in [1.807, 2.05) is 5.32 Å². The van der Waals surface area contributed by atoms with E-state index in [2.05, 4.69) is 10.6 Å². The Morgan fingerprint density at radius 1 is 0.794 bits per heavy atom. The van der Waals surface area contributed by atoms with Crippen LogP contribution in [0.2, 0.25) is 0 Å². The summed E-state index contributed by atoms with van der Waals surface area (Å²) in [7, 11) is 0. The van der Waals surface area contributed by atoms with E-state index in [1.54, 1.807) is 13.8 Å². The predicted octanol–water partition coefficient (Wildman–Crippen LogP) is -2.89. The molecule has 192 valence electrons. The number of nitrogens with one attached hydrogen (secondary N) is 3. The second-order valence-corrected chi connectivity index (χ2v) is 7.64. The lowest BCUT2D eigenvalue weighted by atomic mass is 9.97. The van der Waals surface area contributed by atoms with Crippen LogP contribution in [0.3, 0.4) is 0 Å². The molecule has 5 unspecified atom stereocenters. The number of rotatable bonds is 16. The minimum absolute atomic E-state index is 0.373. The van der Waals surface area contributed by atoms with Gasteiger partial charge in [0.15, 0.2) is 0 Å². The summed E-state index contributed by atoms with van der Waals surface area (Å²) in [5.74, 6) is -8.65. The Morgan fingerprint density at radius 2 is 1.35 bits per heavy atom. The molecule has 0 aromatic heterocycles. The largest absolute Gasteiger partial charge is 0.481 e. The molecule has 5 atom stereocenters. The smallest absolute Gasteiger partial charge is 0.326 e. The van der Waals surface area contributed by atoms with Crippen molar-refractivity contribution in [3.63, 3.8) is 0 Å². The van der Waals surface area contributed by atoms with Crippen LogP contribution in [0, 0.1) is 5.92 Å². The Balaban J connectivity index is 5.66. The van der Waals surface area contributed by atoms with Crippen LogP contribution in [0.1, 0.15) is 46.0 Å². The third-order valence-electron chi connectivity index (χ3n) is 4.82. The highest BCUT2D eigenvalue weighted by Gasteiger charge is 2.33. The highest BCUT2D eigenvalue weighted by Crippen LogP contribution is 2.10. The van der Waals surface area contributed by atoms with Crippen LogP contribution in [-0.4, -0.2) is 81.0 Å². The van der Waals surface area contributed by atoms with Crippen LogP contribution in [0.25, 0.3) is 0 Å². The van der Waals surface area contributed by atoms with Crippen molar-refractivity contribution in [2.45, 2.75) is 70.1 Å². The van der Waals surface area contributed by atoms with Crippen molar-refractivity contribution in [1.82, 2.24) is 16.0 Å². The van der Waals surface area contributed by atoms with Crippen LogP contribution >= 0.6 is 0 Å². The summed E-state index contributed by atoms with van der Waals surface area (Å²) in [6, 6.07) is -5.96. The molecule has 0 aromatic carbocycles. The zero-order valence-corrected chi connectivity index (χ0v) is 18.8. The van der Waals surface area contributed by atoms with Crippen molar-refractivity contribution >= 4 is 41.5 Å². The van der Waals surface area contributed by atoms with Crippen LogP contribution < -0.4 is 27.4 Å². The van der Waals surface area contributed by atoms with Gasteiger partial charge < -0.3 is 42.7 Å². The second kappa shape index (κ2) is 14.4. The highest BCUT2D eigenvalue weighted by atomic mass is 16.4. The lowest BCUT2D eigenvalue weighted by Crippen LogP contribution is -2.59. The summed E-state index contributed by atoms with van der Waals surface area (Å²) < 4.78 is 0. The van der Waals surface area contributed by atoms with Crippen LogP contribution in [0.5, 0.6) is 0 Å². The van der Waals surface area contributed by atoms with Gasteiger partial charge in [-0.15, -0.1) is 0 Å². The number of aliphatic carboxylic acids is 3. The van der Waals surface area contributed by atoms with E-state index in [4.69, 9.17) is 26.8 Å². The van der Waals surface area contributed by atoms with Gasteiger partial charge in [-0.2, -0.15) is 0 Å². The minimum atomic E-state index is -1.71. The van der Waals surface area contributed by atoms with Gasteiger partial charge in [0.05, 0.1) is 18.9 Å². The second-order valence-electron chi connectivity index (χ2n) is 7.64. The van der Waals surface area contributed by atoms with E-state index < -0.39 is 97.3 Å². The van der Waals surface area contributed by atoms with Crippen molar-refractivity contribution in [1.29, 1.82) is 0 Å². The van der Waals surface area contributed by atoms with Gasteiger partial charge in [0.25, 0.3) is 0 Å². The lowest BCUT2D eigenvalue weighted by Gasteiger charge is -2.27. The molecule has 0 radical (unpaired) electrons. The zero-order valence-electron chi connectivity index (χ0n) is 18.8. The van der Waals surface area contributed by atoms with Crippen molar-refractivity contribution < 1.29 is 48.9 Å². The molecule has 10 N–H and O–H groups in total. The molecule has 0 rings (SSSR count). The zero-order chi connectivity index (χ0) is 26.6. The maximum absolute atomic E-state index is 12.9. The average molecular weight is 489 g/mol. The summed E-state index contributed by atoms with van der Waals surface area (Å²) in [6.45, 7) is 3.29. The molecule has 0 saturated heterocycles. The molecule has 0 fully saturated rings. The van der Waals surface area contributed by atoms with Gasteiger partial charge in [0.2, 0.25) is 23.6 Å². The maximum Gasteiger partial charge on any atom is 0.326 e. The number of nitrogens with two attached hydrogens (primary N) is 2. The molecule has 0 spiro atoms. The fraction of sp³-hybridized carbons (Fsp3) is 0.632. The van der Waals surface area contributed by atoms with Crippen molar-refractivity contribution in [3.8, 4) is 0 Å². The molecule has 0 heterocycles. The van der Waals surface area contributed by atoms with Gasteiger partial charge in [-0.3, -0.25) is 28.8 Å². The summed E-state index contributed by atoms with van der Waals surface area (Å²) in [6.07, 6.45) is -2.07. The standard InChI is InChI=1S/C19H31N5O10/c1-3-8(2)15(24-16(30)9(20)6-14(28)29)18(32)22-10(4-5-13(26)27)17(31)23-11(19(33)34)7-12(21)25/h8-11,15H,3-7,20H2,1-2H3,(H2,21,25)(H,22,32)(H,23,31)(H,24,30)(H,26,27)(H,28,29)(H,33,34). The Kier molecular flexibility index (Phi) is 12.8. The van der Waals surface area contributed by atoms with E-state index in [0.717, 1.165) is 0 Å². The van der Waals surface area contributed by atoms with Crippen molar-refractivity contribution in [3.05, 3.63) is 0 Å².